The minimum absolute atomic E-state index is 0. The molecule has 0 aliphatic carbocycles. The highest BCUT2D eigenvalue weighted by Gasteiger charge is 2.27. The maximum atomic E-state index is 12.3. The van der Waals surface area contributed by atoms with Crippen LogP contribution in [0.15, 0.2) is 36.4 Å². The first kappa shape index (κ1) is 27.7. The highest BCUT2D eigenvalue weighted by atomic mass is 35.5. The summed E-state index contributed by atoms with van der Waals surface area (Å²) < 4.78 is 5.07. The van der Waals surface area contributed by atoms with Gasteiger partial charge >= 0.3 is 5.97 Å². The van der Waals surface area contributed by atoms with Gasteiger partial charge in [-0.15, -0.1) is 12.4 Å². The molecule has 0 radical (unpaired) electrons. The number of pyridine rings is 1. The quantitative estimate of drug-likeness (QED) is 0.480. The summed E-state index contributed by atoms with van der Waals surface area (Å²) in [6, 6.07) is 13.3. The van der Waals surface area contributed by atoms with E-state index in [1.807, 2.05) is 0 Å². The third-order valence-corrected chi connectivity index (χ3v) is 8.07. The lowest BCUT2D eigenvalue weighted by Crippen LogP contribution is -2.43. The van der Waals surface area contributed by atoms with Crippen molar-refractivity contribution in [3.05, 3.63) is 53.2 Å². The number of anilines is 2. The fourth-order valence-electron chi connectivity index (χ4n) is 5.96. The molecule has 2 aromatic rings. The second-order valence-electron chi connectivity index (χ2n) is 10.6. The summed E-state index contributed by atoms with van der Waals surface area (Å²) in [4.78, 5) is 22.2. The number of fused-ring (bicyclic) bond motifs is 1. The van der Waals surface area contributed by atoms with Gasteiger partial charge in [-0.05, 0) is 73.9 Å². The second-order valence-corrected chi connectivity index (χ2v) is 10.6. The summed E-state index contributed by atoms with van der Waals surface area (Å²) in [5.74, 6) is 1.80. The maximum Gasteiger partial charge on any atom is 0.306 e. The molecule has 0 bridgehead atoms. The van der Waals surface area contributed by atoms with E-state index in [1.165, 1.54) is 48.9 Å². The first-order chi connectivity index (χ1) is 17.7. The molecule has 1 aromatic heterocycles. The number of piperazine rings is 1. The van der Waals surface area contributed by atoms with Crippen molar-refractivity contribution >= 4 is 29.9 Å². The zero-order valence-corrected chi connectivity index (χ0v) is 22.9. The SMILES string of the molecule is COC(=O)C[C@H](CN1CC[C@@H](CCc2ccc3c(n2)NCCC3)C1)c1cccc(N2CCNCC2)c1.Cl. The van der Waals surface area contributed by atoms with Crippen LogP contribution in [0.4, 0.5) is 11.5 Å². The Morgan fingerprint density at radius 3 is 2.86 bits per heavy atom. The number of aromatic nitrogens is 1. The molecule has 2 fully saturated rings. The van der Waals surface area contributed by atoms with Crippen molar-refractivity contribution in [2.24, 2.45) is 5.92 Å². The van der Waals surface area contributed by atoms with E-state index in [0.29, 0.717) is 12.3 Å². The van der Waals surface area contributed by atoms with Gasteiger partial charge in [-0.2, -0.15) is 0 Å². The van der Waals surface area contributed by atoms with Crippen LogP contribution in [0, 0.1) is 5.92 Å². The van der Waals surface area contributed by atoms with E-state index in [2.05, 4.69) is 56.8 Å². The molecule has 3 aliphatic heterocycles. The highest BCUT2D eigenvalue weighted by molar-refractivity contribution is 5.85. The summed E-state index contributed by atoms with van der Waals surface area (Å²) >= 11 is 0. The van der Waals surface area contributed by atoms with Gasteiger partial charge in [0.1, 0.15) is 5.82 Å². The number of nitrogens with zero attached hydrogens (tertiary/aromatic N) is 3. The fourth-order valence-corrected chi connectivity index (χ4v) is 5.96. The summed E-state index contributed by atoms with van der Waals surface area (Å²) in [5, 5.41) is 6.88. The first-order valence-electron chi connectivity index (χ1n) is 13.8. The van der Waals surface area contributed by atoms with Gasteiger partial charge in [-0.25, -0.2) is 4.98 Å². The van der Waals surface area contributed by atoms with Crippen molar-refractivity contribution in [3.63, 3.8) is 0 Å². The van der Waals surface area contributed by atoms with Crippen molar-refractivity contribution in [3.8, 4) is 0 Å². The van der Waals surface area contributed by atoms with Crippen LogP contribution in [0.2, 0.25) is 0 Å². The van der Waals surface area contributed by atoms with E-state index < -0.39 is 0 Å². The van der Waals surface area contributed by atoms with Crippen molar-refractivity contribution in [2.75, 3.05) is 69.7 Å². The number of hydrogen-bond donors (Lipinski definition) is 2. The van der Waals surface area contributed by atoms with Crippen LogP contribution in [0.25, 0.3) is 0 Å². The Morgan fingerprint density at radius 2 is 2.03 bits per heavy atom. The zero-order valence-electron chi connectivity index (χ0n) is 22.1. The molecule has 1 aromatic carbocycles. The number of halogens is 1. The third-order valence-electron chi connectivity index (χ3n) is 8.07. The molecule has 8 heteroatoms. The van der Waals surface area contributed by atoms with Crippen molar-refractivity contribution < 1.29 is 9.53 Å². The Balaban J connectivity index is 0.00000320. The Morgan fingerprint density at radius 1 is 1.16 bits per heavy atom. The van der Waals surface area contributed by atoms with E-state index in [-0.39, 0.29) is 24.3 Å². The molecule has 2 N–H and O–H groups in total. The molecule has 3 aliphatic rings. The molecule has 37 heavy (non-hydrogen) atoms. The Kier molecular flexibility index (Phi) is 10.1. The molecule has 0 saturated carbocycles. The number of carbonyl (C=O) groups excluding carboxylic acids is 1. The number of rotatable bonds is 9. The fraction of sp³-hybridized carbons (Fsp3) is 0.586. The van der Waals surface area contributed by atoms with E-state index in [9.17, 15) is 4.79 Å². The third kappa shape index (κ3) is 7.37. The average molecular weight is 528 g/mol. The van der Waals surface area contributed by atoms with E-state index >= 15 is 0 Å². The van der Waals surface area contributed by atoms with Crippen LogP contribution < -0.4 is 15.5 Å². The minimum Gasteiger partial charge on any atom is -0.469 e. The summed E-state index contributed by atoms with van der Waals surface area (Å²) in [6.45, 7) is 8.20. The molecular weight excluding hydrogens is 486 g/mol. The standard InChI is InChI=1S/C29H41N5O2.ClH/c1-36-28(35)19-25(24-4-2-6-27(18-24)34-16-13-30-14-17-34)21-33-15-11-22(20-33)7-9-26-10-8-23-5-3-12-31-29(23)32-26;/h2,4,6,8,10,18,22,25,30H,3,5,7,9,11-17,19-21H2,1H3,(H,31,32);1H/t22-,25-;/m1./s1. The first-order valence-corrected chi connectivity index (χ1v) is 13.8. The number of benzene rings is 1. The van der Waals surface area contributed by atoms with Crippen LogP contribution in [-0.2, 0) is 22.4 Å². The molecule has 4 heterocycles. The van der Waals surface area contributed by atoms with Crippen LogP contribution in [-0.4, -0.2) is 75.3 Å². The largest absolute Gasteiger partial charge is 0.469 e. The predicted octanol–water partition coefficient (Wildman–Crippen LogP) is 3.87. The highest BCUT2D eigenvalue weighted by Crippen LogP contribution is 2.30. The summed E-state index contributed by atoms with van der Waals surface area (Å²) in [5.41, 5.74) is 5.06. The van der Waals surface area contributed by atoms with Crippen molar-refractivity contribution in [1.29, 1.82) is 0 Å². The van der Waals surface area contributed by atoms with Crippen molar-refractivity contribution in [2.45, 2.75) is 44.4 Å². The van der Waals surface area contributed by atoms with Gasteiger partial charge in [-0.1, -0.05) is 18.2 Å². The van der Waals surface area contributed by atoms with Crippen LogP contribution in [0.3, 0.4) is 0 Å². The molecule has 0 spiro atoms. The summed E-state index contributed by atoms with van der Waals surface area (Å²) in [6.07, 6.45) is 6.18. The smallest absolute Gasteiger partial charge is 0.306 e. The number of nitrogens with one attached hydrogen (secondary N) is 2. The Labute approximate surface area is 227 Å². The number of methoxy groups -OCH3 is 1. The molecule has 0 amide bonds. The van der Waals surface area contributed by atoms with Crippen LogP contribution in [0.1, 0.15) is 48.4 Å². The lowest BCUT2D eigenvalue weighted by Gasteiger charge is -2.30. The van der Waals surface area contributed by atoms with E-state index in [0.717, 1.165) is 71.0 Å². The zero-order chi connectivity index (χ0) is 24.7. The van der Waals surface area contributed by atoms with Crippen LogP contribution >= 0.6 is 12.4 Å². The number of esters is 1. The lowest BCUT2D eigenvalue weighted by atomic mass is 9.94. The molecule has 5 rings (SSSR count). The van der Waals surface area contributed by atoms with E-state index in [4.69, 9.17) is 9.72 Å². The normalized spacial score (nSPS) is 20.5. The molecule has 2 saturated heterocycles. The van der Waals surface area contributed by atoms with Gasteiger partial charge in [0.2, 0.25) is 0 Å². The Bertz CT molecular complexity index is 1030. The number of ether oxygens (including phenoxy) is 1. The van der Waals surface area contributed by atoms with Crippen molar-refractivity contribution in [1.82, 2.24) is 15.2 Å². The number of likely N-dealkylation sites (tertiary alicyclic amines) is 1. The molecule has 0 unspecified atom stereocenters. The van der Waals surface area contributed by atoms with Crippen LogP contribution in [0.5, 0.6) is 0 Å². The maximum absolute atomic E-state index is 12.3. The number of carbonyl (C=O) groups is 1. The molecule has 202 valence electrons. The number of aryl methyl sites for hydroxylation is 2. The lowest BCUT2D eigenvalue weighted by molar-refractivity contribution is -0.141. The average Bonchev–Trinajstić information content (AvgIpc) is 3.39. The van der Waals surface area contributed by atoms with Gasteiger partial charge in [0.15, 0.2) is 0 Å². The monoisotopic (exact) mass is 527 g/mol. The predicted molar refractivity (Wildman–Crippen MR) is 152 cm³/mol. The summed E-state index contributed by atoms with van der Waals surface area (Å²) in [7, 11) is 1.49. The van der Waals surface area contributed by atoms with Gasteiger partial charge in [0.25, 0.3) is 0 Å². The van der Waals surface area contributed by atoms with Gasteiger partial charge in [-0.3, -0.25) is 4.79 Å². The van der Waals surface area contributed by atoms with Gasteiger partial charge in [0.05, 0.1) is 13.5 Å². The number of hydrogen-bond acceptors (Lipinski definition) is 7. The topological polar surface area (TPSA) is 69.7 Å². The Hall–Kier alpha value is -2.35. The van der Waals surface area contributed by atoms with E-state index in [1.54, 1.807) is 0 Å². The minimum atomic E-state index is -0.129. The molecule has 2 atom stereocenters. The molecular formula is C29H42ClN5O2. The van der Waals surface area contributed by atoms with Gasteiger partial charge in [0, 0.05) is 63.1 Å². The van der Waals surface area contributed by atoms with Gasteiger partial charge < -0.3 is 25.2 Å². The second kappa shape index (κ2) is 13.4. The molecule has 7 nitrogen and oxygen atoms in total.